The Balaban J connectivity index is 0.000000349. The summed E-state index contributed by atoms with van der Waals surface area (Å²) in [4.78, 5) is 24.2. The predicted molar refractivity (Wildman–Crippen MR) is 139 cm³/mol. The van der Waals surface area contributed by atoms with Gasteiger partial charge in [-0.3, -0.25) is 4.79 Å². The molecule has 1 aliphatic heterocycles. The number of esters is 1. The Labute approximate surface area is 204 Å². The molecule has 0 radical (unpaired) electrons. The average Bonchev–Trinajstić information content (AvgIpc) is 3.05. The van der Waals surface area contributed by atoms with Gasteiger partial charge < -0.3 is 19.7 Å². The smallest absolute Gasteiger partial charge is 0.311 e. The van der Waals surface area contributed by atoms with E-state index in [-0.39, 0.29) is 11.5 Å². The number of benzene rings is 1. The summed E-state index contributed by atoms with van der Waals surface area (Å²) in [5, 5.41) is 4.02. The lowest BCUT2D eigenvalue weighted by atomic mass is 9.80. The number of nitrogens with zero attached hydrogens (tertiary/aromatic N) is 1. The van der Waals surface area contributed by atoms with Crippen LogP contribution in [0.3, 0.4) is 0 Å². The molecule has 0 amide bonds. The van der Waals surface area contributed by atoms with Crippen LogP contribution in [0, 0.1) is 5.41 Å². The molecular weight excluding hydrogens is 436 g/mol. The molecule has 2 rings (SSSR count). The number of aldehydes is 1. The number of anilines is 1. The zero-order chi connectivity index (χ0) is 25.2. The minimum absolute atomic E-state index is 0.161. The third-order valence-corrected chi connectivity index (χ3v) is 6.13. The molecule has 0 fully saturated rings. The van der Waals surface area contributed by atoms with Crippen LogP contribution in [0.2, 0.25) is 5.02 Å². The van der Waals surface area contributed by atoms with Crippen LogP contribution in [0.5, 0.6) is 0 Å². The summed E-state index contributed by atoms with van der Waals surface area (Å²) >= 11 is 6.09. The van der Waals surface area contributed by atoms with Gasteiger partial charge >= 0.3 is 5.97 Å². The van der Waals surface area contributed by atoms with E-state index in [1.54, 1.807) is 12.2 Å². The van der Waals surface area contributed by atoms with Gasteiger partial charge in [-0.05, 0) is 63.5 Å². The van der Waals surface area contributed by atoms with Gasteiger partial charge in [0, 0.05) is 48.7 Å². The number of rotatable bonds is 10. The number of fused-ring (bicyclic) bond motifs is 1. The van der Waals surface area contributed by atoms with Crippen molar-refractivity contribution in [3.05, 3.63) is 65.7 Å². The summed E-state index contributed by atoms with van der Waals surface area (Å²) in [6.07, 6.45) is 7.66. The summed E-state index contributed by atoms with van der Waals surface area (Å²) in [6, 6.07) is 5.96. The molecule has 0 spiro atoms. The molecule has 0 aromatic heterocycles. The molecule has 1 aromatic carbocycles. The Morgan fingerprint density at radius 1 is 1.30 bits per heavy atom. The second-order valence-corrected chi connectivity index (χ2v) is 9.87. The number of carbonyl (C=O) groups excluding carboxylic acids is 2. The van der Waals surface area contributed by atoms with Gasteiger partial charge in [0.2, 0.25) is 0 Å². The molecule has 0 aliphatic carbocycles. The van der Waals surface area contributed by atoms with Gasteiger partial charge in [0.15, 0.2) is 0 Å². The summed E-state index contributed by atoms with van der Waals surface area (Å²) in [5.74, 6) is 0.151. The van der Waals surface area contributed by atoms with E-state index in [2.05, 4.69) is 44.3 Å². The Morgan fingerprint density at radius 3 is 2.52 bits per heavy atom. The van der Waals surface area contributed by atoms with Crippen molar-refractivity contribution in [3.8, 4) is 0 Å². The summed E-state index contributed by atoms with van der Waals surface area (Å²) in [5.41, 5.74) is 2.85. The molecule has 182 valence electrons. The van der Waals surface area contributed by atoms with Gasteiger partial charge in [-0.2, -0.15) is 0 Å². The molecule has 1 aromatic rings. The van der Waals surface area contributed by atoms with Crippen molar-refractivity contribution in [1.82, 2.24) is 5.32 Å². The largest absolute Gasteiger partial charge is 0.469 e. The van der Waals surface area contributed by atoms with Crippen LogP contribution in [0.1, 0.15) is 52.0 Å². The first-order valence-electron chi connectivity index (χ1n) is 11.2. The lowest BCUT2D eigenvalue weighted by molar-refractivity contribution is -0.151. The van der Waals surface area contributed by atoms with Crippen LogP contribution >= 0.6 is 11.6 Å². The zero-order valence-corrected chi connectivity index (χ0v) is 21.7. The fourth-order valence-corrected chi connectivity index (χ4v) is 4.26. The first-order chi connectivity index (χ1) is 15.4. The third-order valence-electron chi connectivity index (χ3n) is 5.90. The molecule has 1 atom stereocenters. The molecule has 0 saturated heterocycles. The maximum Gasteiger partial charge on any atom is 0.311 e. The highest BCUT2D eigenvalue weighted by Gasteiger charge is 2.36. The van der Waals surface area contributed by atoms with Gasteiger partial charge in [0.25, 0.3) is 0 Å². The highest BCUT2D eigenvalue weighted by atomic mass is 35.5. The topological polar surface area (TPSA) is 58.6 Å². The van der Waals surface area contributed by atoms with Crippen LogP contribution < -0.4 is 10.2 Å². The zero-order valence-electron chi connectivity index (χ0n) is 20.9. The normalized spacial score (nSPS) is 15.8. The van der Waals surface area contributed by atoms with E-state index in [0.29, 0.717) is 18.9 Å². The van der Waals surface area contributed by atoms with Crippen molar-refractivity contribution in [1.29, 1.82) is 0 Å². The van der Waals surface area contributed by atoms with Crippen molar-refractivity contribution < 1.29 is 14.3 Å². The molecule has 0 saturated carbocycles. The van der Waals surface area contributed by atoms with Crippen molar-refractivity contribution >= 4 is 29.5 Å². The third kappa shape index (κ3) is 8.17. The summed E-state index contributed by atoms with van der Waals surface area (Å²) < 4.78 is 4.89. The van der Waals surface area contributed by atoms with Crippen LogP contribution in [0.25, 0.3) is 0 Å². The molecule has 5 nitrogen and oxygen atoms in total. The fraction of sp³-hybridized carbons (Fsp3) is 0.481. The average molecular weight is 475 g/mol. The molecule has 0 bridgehead atoms. The van der Waals surface area contributed by atoms with Crippen molar-refractivity contribution in [2.24, 2.45) is 5.41 Å². The van der Waals surface area contributed by atoms with Crippen LogP contribution in [-0.2, 0) is 14.3 Å². The van der Waals surface area contributed by atoms with Crippen molar-refractivity contribution in [2.75, 3.05) is 32.1 Å². The van der Waals surface area contributed by atoms with E-state index >= 15 is 0 Å². The SMILES string of the molecule is C=C/C=C(\C=C)C(C)(C)NCCC=O.COC(=O)C(C)(C)CC1CN(C)c2ccc(Cl)cc21. The van der Waals surface area contributed by atoms with Gasteiger partial charge in [0.05, 0.1) is 12.5 Å². The Morgan fingerprint density at radius 2 is 1.97 bits per heavy atom. The highest BCUT2D eigenvalue weighted by Crippen LogP contribution is 2.43. The summed E-state index contributed by atoms with van der Waals surface area (Å²) in [6.45, 7) is 17.0. The number of ether oxygens (including phenoxy) is 1. The van der Waals surface area contributed by atoms with E-state index in [0.717, 1.165) is 29.8 Å². The van der Waals surface area contributed by atoms with E-state index in [9.17, 15) is 9.59 Å². The Kier molecular flexibility index (Phi) is 11.1. The second kappa shape index (κ2) is 12.8. The molecule has 33 heavy (non-hydrogen) atoms. The Hall–Kier alpha value is -2.37. The van der Waals surface area contributed by atoms with E-state index < -0.39 is 5.41 Å². The minimum Gasteiger partial charge on any atom is -0.469 e. The fourth-order valence-electron chi connectivity index (χ4n) is 4.08. The Bertz CT molecular complexity index is 874. The molecular formula is C27H39ClN2O3. The maximum atomic E-state index is 11.8. The lowest BCUT2D eigenvalue weighted by Crippen LogP contribution is -2.41. The maximum absolute atomic E-state index is 11.8. The van der Waals surface area contributed by atoms with Crippen LogP contribution in [0.15, 0.2) is 55.2 Å². The number of carbonyl (C=O) groups is 2. The van der Waals surface area contributed by atoms with Gasteiger partial charge in [-0.15, -0.1) is 0 Å². The quantitative estimate of drug-likeness (QED) is 0.204. The number of halogens is 1. The van der Waals surface area contributed by atoms with Gasteiger partial charge in [-0.25, -0.2) is 0 Å². The van der Waals surface area contributed by atoms with E-state index in [1.807, 2.05) is 38.1 Å². The number of hydrogen-bond acceptors (Lipinski definition) is 5. The van der Waals surface area contributed by atoms with E-state index in [4.69, 9.17) is 16.3 Å². The van der Waals surface area contributed by atoms with Crippen LogP contribution in [0.4, 0.5) is 5.69 Å². The lowest BCUT2D eigenvalue weighted by Gasteiger charge is -2.27. The standard InChI is InChI=1S/C15H20ClNO2.C12H19NO/c1-15(2,14(18)19-4)8-10-9-17(3)13-6-5-11(16)7-12(10)13;1-5-8-11(6-2)12(3,4)13-9-7-10-14/h5-7,10H,8-9H2,1-4H3;5-6,8,10,13H,1-2,7,9H2,3-4H3/b;11-8+. The first kappa shape index (κ1) is 28.7. The van der Waals surface area contributed by atoms with Gasteiger partial charge in [0.1, 0.15) is 6.29 Å². The summed E-state index contributed by atoms with van der Waals surface area (Å²) in [7, 11) is 3.51. The number of nitrogens with one attached hydrogen (secondary N) is 1. The number of allylic oxidation sites excluding steroid dienone is 2. The first-order valence-corrected chi connectivity index (χ1v) is 11.5. The number of hydrogen-bond donors (Lipinski definition) is 1. The molecule has 1 unspecified atom stereocenters. The highest BCUT2D eigenvalue weighted by molar-refractivity contribution is 6.30. The number of likely N-dealkylation sites (N-methyl/N-ethyl adjacent to an activating group) is 1. The monoisotopic (exact) mass is 474 g/mol. The minimum atomic E-state index is -0.482. The molecule has 1 aliphatic rings. The van der Waals surface area contributed by atoms with Crippen LogP contribution in [-0.4, -0.2) is 45.0 Å². The predicted octanol–water partition coefficient (Wildman–Crippen LogP) is 5.70. The second-order valence-electron chi connectivity index (χ2n) is 9.43. The van der Waals surface area contributed by atoms with Crippen molar-refractivity contribution in [3.63, 3.8) is 0 Å². The molecule has 1 N–H and O–H groups in total. The molecule has 1 heterocycles. The van der Waals surface area contributed by atoms with Gasteiger partial charge in [-0.1, -0.05) is 43.0 Å². The van der Waals surface area contributed by atoms with E-state index in [1.165, 1.54) is 18.4 Å². The molecule has 6 heteroatoms. The van der Waals surface area contributed by atoms with Crippen molar-refractivity contribution in [2.45, 2.75) is 52.0 Å². The number of methoxy groups -OCH3 is 1.